The first-order valence-corrected chi connectivity index (χ1v) is 6.59. The highest BCUT2D eigenvalue weighted by Gasteiger charge is 2.36. The van der Waals surface area contributed by atoms with Crippen molar-refractivity contribution < 1.29 is 5.11 Å². The van der Waals surface area contributed by atoms with E-state index in [2.05, 4.69) is 25.7 Å². The van der Waals surface area contributed by atoms with Crippen LogP contribution in [-0.2, 0) is 0 Å². The zero-order chi connectivity index (χ0) is 12.0. The smallest absolute Gasteiger partial charge is 0.0436 e. The van der Waals surface area contributed by atoms with E-state index in [9.17, 15) is 0 Å². The van der Waals surface area contributed by atoms with Gasteiger partial charge < -0.3 is 10.4 Å². The van der Waals surface area contributed by atoms with Crippen LogP contribution in [0.3, 0.4) is 0 Å². The highest BCUT2D eigenvalue weighted by molar-refractivity contribution is 4.90. The second-order valence-electron chi connectivity index (χ2n) is 5.50. The molecule has 2 heteroatoms. The molecule has 2 nitrogen and oxygen atoms in total. The van der Waals surface area contributed by atoms with Gasteiger partial charge >= 0.3 is 0 Å². The summed E-state index contributed by atoms with van der Waals surface area (Å²) in [5.41, 5.74) is 0.400. The van der Waals surface area contributed by atoms with Crippen molar-refractivity contribution in [1.82, 2.24) is 5.32 Å². The third kappa shape index (κ3) is 3.60. The van der Waals surface area contributed by atoms with Crippen LogP contribution < -0.4 is 5.32 Å². The van der Waals surface area contributed by atoms with Crippen LogP contribution in [0, 0.1) is 11.3 Å². The van der Waals surface area contributed by atoms with Crippen molar-refractivity contribution in [3.8, 4) is 0 Å². The van der Waals surface area contributed by atoms with Gasteiger partial charge in [0.15, 0.2) is 0 Å². The first-order valence-electron chi connectivity index (χ1n) is 6.59. The second-order valence-corrected chi connectivity index (χ2v) is 5.50. The molecule has 2 atom stereocenters. The van der Waals surface area contributed by atoms with Gasteiger partial charge in [-0.3, -0.25) is 0 Å². The van der Waals surface area contributed by atoms with E-state index in [-0.39, 0.29) is 0 Å². The van der Waals surface area contributed by atoms with E-state index < -0.39 is 0 Å². The number of aliphatic hydroxyl groups is 1. The molecule has 94 valence electrons. The Bertz CT molecular complexity index is 211. The maximum atomic E-state index is 9.08. The summed E-state index contributed by atoms with van der Waals surface area (Å²) in [6, 6.07) is 0.536. The molecule has 0 saturated heterocycles. The molecular formula is C14H27NO. The van der Waals surface area contributed by atoms with Gasteiger partial charge in [0.2, 0.25) is 0 Å². The zero-order valence-corrected chi connectivity index (χ0v) is 10.8. The topological polar surface area (TPSA) is 32.3 Å². The highest BCUT2D eigenvalue weighted by Crippen LogP contribution is 2.43. The maximum absolute atomic E-state index is 9.08. The number of aliphatic hydroxyl groups excluding tert-OH is 1. The third-order valence-electron chi connectivity index (χ3n) is 4.25. The lowest BCUT2D eigenvalue weighted by Crippen LogP contribution is -2.45. The Hall–Kier alpha value is -0.340. The van der Waals surface area contributed by atoms with E-state index in [0.717, 1.165) is 19.4 Å². The van der Waals surface area contributed by atoms with Crippen LogP contribution in [0.2, 0.25) is 0 Å². The summed E-state index contributed by atoms with van der Waals surface area (Å²) in [7, 11) is 0. The SMILES string of the molecule is C=CCC(C)C(C)NCC1(CCO)CCC1. The fraction of sp³-hybridized carbons (Fsp3) is 0.857. The summed E-state index contributed by atoms with van der Waals surface area (Å²) in [4.78, 5) is 0. The summed E-state index contributed by atoms with van der Waals surface area (Å²) < 4.78 is 0. The monoisotopic (exact) mass is 225 g/mol. The van der Waals surface area contributed by atoms with Gasteiger partial charge in [-0.2, -0.15) is 0 Å². The predicted molar refractivity (Wildman–Crippen MR) is 69.4 cm³/mol. The van der Waals surface area contributed by atoms with Crippen molar-refractivity contribution in [1.29, 1.82) is 0 Å². The molecule has 1 rings (SSSR count). The number of hydrogen-bond donors (Lipinski definition) is 2. The van der Waals surface area contributed by atoms with Crippen molar-refractivity contribution >= 4 is 0 Å². The van der Waals surface area contributed by atoms with Crippen molar-refractivity contribution in [3.05, 3.63) is 12.7 Å². The van der Waals surface area contributed by atoms with Crippen LogP contribution in [0.15, 0.2) is 12.7 Å². The molecule has 0 aromatic rings. The molecule has 0 aliphatic heterocycles. The lowest BCUT2D eigenvalue weighted by atomic mass is 9.66. The largest absolute Gasteiger partial charge is 0.396 e. The second kappa shape index (κ2) is 6.41. The van der Waals surface area contributed by atoms with Gasteiger partial charge in [-0.25, -0.2) is 0 Å². The summed E-state index contributed by atoms with van der Waals surface area (Å²) in [5, 5.41) is 12.7. The van der Waals surface area contributed by atoms with Crippen molar-refractivity contribution in [2.75, 3.05) is 13.2 Å². The first kappa shape index (κ1) is 13.7. The normalized spacial score (nSPS) is 22.2. The lowest BCUT2D eigenvalue weighted by Gasteiger charge is -2.43. The Morgan fingerprint density at radius 3 is 2.56 bits per heavy atom. The average Bonchev–Trinajstić information content (AvgIpc) is 2.21. The fourth-order valence-electron chi connectivity index (χ4n) is 2.47. The van der Waals surface area contributed by atoms with E-state index in [4.69, 9.17) is 5.11 Å². The molecule has 16 heavy (non-hydrogen) atoms. The zero-order valence-electron chi connectivity index (χ0n) is 10.8. The summed E-state index contributed by atoms with van der Waals surface area (Å²) in [6.07, 6.45) is 7.92. The van der Waals surface area contributed by atoms with Crippen LogP contribution in [0.25, 0.3) is 0 Å². The van der Waals surface area contributed by atoms with E-state index in [0.29, 0.717) is 24.0 Å². The van der Waals surface area contributed by atoms with Gasteiger partial charge in [0, 0.05) is 19.2 Å². The molecule has 0 bridgehead atoms. The Labute approximate surface area is 100 Å². The van der Waals surface area contributed by atoms with E-state index in [1.165, 1.54) is 19.3 Å². The number of rotatable bonds is 8. The molecule has 0 aromatic carbocycles. The van der Waals surface area contributed by atoms with Gasteiger partial charge in [-0.05, 0) is 43.9 Å². The standard InChI is InChI=1S/C14H27NO/c1-4-6-12(2)13(3)15-11-14(9-10-16)7-5-8-14/h4,12-13,15-16H,1,5-11H2,2-3H3. The van der Waals surface area contributed by atoms with E-state index in [1.54, 1.807) is 0 Å². The summed E-state index contributed by atoms with van der Waals surface area (Å²) in [6.45, 7) is 9.70. The molecule has 0 spiro atoms. The molecule has 1 aliphatic carbocycles. The molecule has 0 heterocycles. The molecule has 1 saturated carbocycles. The maximum Gasteiger partial charge on any atom is 0.0436 e. The number of nitrogens with one attached hydrogen (secondary N) is 1. The minimum atomic E-state index is 0.332. The van der Waals surface area contributed by atoms with Crippen molar-refractivity contribution in [2.24, 2.45) is 11.3 Å². The molecule has 0 amide bonds. The van der Waals surface area contributed by atoms with Gasteiger partial charge in [0.25, 0.3) is 0 Å². The van der Waals surface area contributed by atoms with Crippen LogP contribution >= 0.6 is 0 Å². The minimum absolute atomic E-state index is 0.332. The molecule has 2 unspecified atom stereocenters. The van der Waals surface area contributed by atoms with Gasteiger partial charge in [-0.15, -0.1) is 6.58 Å². The lowest BCUT2D eigenvalue weighted by molar-refractivity contribution is 0.0809. The quantitative estimate of drug-likeness (QED) is 0.623. The Kier molecular flexibility index (Phi) is 5.50. The molecule has 0 aromatic heterocycles. The van der Waals surface area contributed by atoms with Crippen molar-refractivity contribution in [3.63, 3.8) is 0 Å². The summed E-state index contributed by atoms with van der Waals surface area (Å²) >= 11 is 0. The molecule has 1 aliphatic rings. The van der Waals surface area contributed by atoms with Crippen molar-refractivity contribution in [2.45, 2.75) is 52.0 Å². The van der Waals surface area contributed by atoms with E-state index >= 15 is 0 Å². The van der Waals surface area contributed by atoms with Crippen LogP contribution in [0.5, 0.6) is 0 Å². The first-order chi connectivity index (χ1) is 7.63. The molecule has 2 N–H and O–H groups in total. The third-order valence-corrected chi connectivity index (χ3v) is 4.25. The van der Waals surface area contributed by atoms with Gasteiger partial charge in [0.1, 0.15) is 0 Å². The minimum Gasteiger partial charge on any atom is -0.396 e. The predicted octanol–water partition coefficient (Wildman–Crippen LogP) is 2.73. The fourth-order valence-corrected chi connectivity index (χ4v) is 2.47. The average molecular weight is 225 g/mol. The number of hydrogen-bond acceptors (Lipinski definition) is 2. The van der Waals surface area contributed by atoms with Crippen LogP contribution in [0.1, 0.15) is 46.0 Å². The van der Waals surface area contributed by atoms with Gasteiger partial charge in [-0.1, -0.05) is 19.4 Å². The van der Waals surface area contributed by atoms with Crippen LogP contribution in [-0.4, -0.2) is 24.3 Å². The van der Waals surface area contributed by atoms with E-state index in [1.807, 2.05) is 6.08 Å². The molecular weight excluding hydrogens is 198 g/mol. The molecule has 1 fully saturated rings. The van der Waals surface area contributed by atoms with Gasteiger partial charge in [0.05, 0.1) is 0 Å². The Morgan fingerprint density at radius 1 is 1.44 bits per heavy atom. The van der Waals surface area contributed by atoms with Crippen LogP contribution in [0.4, 0.5) is 0 Å². The highest BCUT2D eigenvalue weighted by atomic mass is 16.3. The Balaban J connectivity index is 2.29. The molecule has 0 radical (unpaired) electrons. The summed E-state index contributed by atoms with van der Waals surface area (Å²) in [5.74, 6) is 0.642. The Morgan fingerprint density at radius 2 is 2.12 bits per heavy atom. The number of allylic oxidation sites excluding steroid dienone is 1.